The molecule has 7 heteroatoms. The molecule has 0 spiro atoms. The maximum atomic E-state index is 12.4. The minimum atomic E-state index is 0.0944. The van der Waals surface area contributed by atoms with Crippen molar-refractivity contribution < 1.29 is 4.79 Å². The maximum Gasteiger partial charge on any atom is 0.233 e. The lowest BCUT2D eigenvalue weighted by atomic mass is 10.2. The van der Waals surface area contributed by atoms with E-state index in [9.17, 15) is 4.79 Å². The fourth-order valence-electron chi connectivity index (χ4n) is 2.75. The number of rotatable bonds is 7. The molecule has 3 rings (SSSR count). The van der Waals surface area contributed by atoms with E-state index in [1.807, 2.05) is 77.9 Å². The number of carbonyl (C=O) groups is 1. The largest absolute Gasteiger partial charge is 0.343 e. The molecule has 1 amide bonds. The zero-order valence-corrected chi connectivity index (χ0v) is 16.9. The lowest BCUT2D eigenvalue weighted by molar-refractivity contribution is -0.127. The van der Waals surface area contributed by atoms with Crippen molar-refractivity contribution in [3.63, 3.8) is 0 Å². The van der Waals surface area contributed by atoms with Crippen LogP contribution >= 0.6 is 23.4 Å². The van der Waals surface area contributed by atoms with E-state index in [1.54, 1.807) is 0 Å². The molecule has 0 saturated carbocycles. The second-order valence-electron chi connectivity index (χ2n) is 5.84. The molecule has 2 aromatic carbocycles. The van der Waals surface area contributed by atoms with Crippen molar-refractivity contribution in [2.45, 2.75) is 19.0 Å². The number of halogens is 1. The van der Waals surface area contributed by atoms with Crippen molar-refractivity contribution >= 4 is 29.3 Å². The van der Waals surface area contributed by atoms with Gasteiger partial charge in [-0.2, -0.15) is 0 Å². The fraction of sp³-hybridized carbons (Fsp3) is 0.250. The van der Waals surface area contributed by atoms with Gasteiger partial charge in [0.1, 0.15) is 0 Å². The molecule has 0 atom stereocenters. The van der Waals surface area contributed by atoms with Gasteiger partial charge in [-0.15, -0.1) is 10.2 Å². The molecule has 140 valence electrons. The van der Waals surface area contributed by atoms with E-state index in [0.717, 1.165) is 17.1 Å². The zero-order chi connectivity index (χ0) is 19.2. The third-order valence-corrected chi connectivity index (χ3v) is 5.36. The Hall–Kier alpha value is -2.31. The summed E-state index contributed by atoms with van der Waals surface area (Å²) >= 11 is 7.44. The number of benzene rings is 2. The van der Waals surface area contributed by atoms with Crippen molar-refractivity contribution in [2.24, 2.45) is 0 Å². The molecule has 0 aliphatic heterocycles. The topological polar surface area (TPSA) is 51.0 Å². The highest BCUT2D eigenvalue weighted by Crippen LogP contribution is 2.28. The Bertz CT molecular complexity index is 892. The van der Waals surface area contributed by atoms with Crippen molar-refractivity contribution in [1.82, 2.24) is 19.7 Å². The van der Waals surface area contributed by atoms with E-state index >= 15 is 0 Å². The third-order valence-electron chi connectivity index (χ3n) is 4.19. The average molecular weight is 401 g/mol. The Balaban J connectivity index is 1.95. The first kappa shape index (κ1) is 19.5. The normalized spacial score (nSPS) is 10.8. The molecule has 1 aromatic heterocycles. The highest BCUT2D eigenvalue weighted by atomic mass is 35.5. The average Bonchev–Trinajstić information content (AvgIpc) is 3.12. The van der Waals surface area contributed by atoms with E-state index in [2.05, 4.69) is 10.2 Å². The van der Waals surface area contributed by atoms with Gasteiger partial charge in [-0.3, -0.25) is 9.36 Å². The van der Waals surface area contributed by atoms with Crippen LogP contribution in [-0.2, 0) is 4.79 Å². The van der Waals surface area contributed by atoms with E-state index < -0.39 is 0 Å². The Morgan fingerprint density at radius 2 is 1.70 bits per heavy atom. The lowest BCUT2D eigenvalue weighted by Gasteiger charge is -2.18. The second kappa shape index (κ2) is 9.06. The SMILES string of the molecule is CCN(CC)C(=O)CSc1nnc(-c2ccccc2)n1-c1ccc(Cl)cc1. The lowest BCUT2D eigenvalue weighted by Crippen LogP contribution is -2.31. The summed E-state index contributed by atoms with van der Waals surface area (Å²) in [6.07, 6.45) is 0. The molecule has 0 unspecified atom stereocenters. The van der Waals surface area contributed by atoms with Gasteiger partial charge in [-0.25, -0.2) is 0 Å². The summed E-state index contributed by atoms with van der Waals surface area (Å²) in [4.78, 5) is 14.2. The fourth-order valence-corrected chi connectivity index (χ4v) is 3.74. The summed E-state index contributed by atoms with van der Waals surface area (Å²) in [6.45, 7) is 5.37. The molecule has 0 radical (unpaired) electrons. The van der Waals surface area contributed by atoms with E-state index in [-0.39, 0.29) is 5.91 Å². The summed E-state index contributed by atoms with van der Waals surface area (Å²) in [5.41, 5.74) is 1.86. The minimum Gasteiger partial charge on any atom is -0.343 e. The Labute approximate surface area is 168 Å². The molecule has 0 saturated heterocycles. The van der Waals surface area contributed by atoms with Gasteiger partial charge in [-0.05, 0) is 38.1 Å². The summed E-state index contributed by atoms with van der Waals surface area (Å²) in [7, 11) is 0. The van der Waals surface area contributed by atoms with Crippen LogP contribution in [0.2, 0.25) is 5.02 Å². The van der Waals surface area contributed by atoms with Crippen LogP contribution in [0.25, 0.3) is 17.1 Å². The van der Waals surface area contributed by atoms with E-state index in [0.29, 0.717) is 29.0 Å². The van der Waals surface area contributed by atoms with Crippen molar-refractivity contribution in [2.75, 3.05) is 18.8 Å². The predicted molar refractivity (Wildman–Crippen MR) is 110 cm³/mol. The van der Waals surface area contributed by atoms with Crippen molar-refractivity contribution in [1.29, 1.82) is 0 Å². The Morgan fingerprint density at radius 1 is 1.04 bits per heavy atom. The quantitative estimate of drug-likeness (QED) is 0.546. The Kier molecular flexibility index (Phi) is 6.53. The van der Waals surface area contributed by atoms with Gasteiger partial charge in [-0.1, -0.05) is 53.7 Å². The molecule has 0 aliphatic rings. The van der Waals surface area contributed by atoms with Gasteiger partial charge in [0.25, 0.3) is 0 Å². The molecule has 0 N–H and O–H groups in total. The maximum absolute atomic E-state index is 12.4. The van der Waals surface area contributed by atoms with E-state index in [4.69, 9.17) is 11.6 Å². The molecule has 1 heterocycles. The molecular weight excluding hydrogens is 380 g/mol. The van der Waals surface area contributed by atoms with Crippen LogP contribution < -0.4 is 0 Å². The zero-order valence-electron chi connectivity index (χ0n) is 15.3. The molecule has 27 heavy (non-hydrogen) atoms. The molecule has 0 aliphatic carbocycles. The van der Waals surface area contributed by atoms with Crippen molar-refractivity contribution in [3.8, 4) is 17.1 Å². The smallest absolute Gasteiger partial charge is 0.233 e. The highest BCUT2D eigenvalue weighted by molar-refractivity contribution is 7.99. The number of nitrogens with zero attached hydrogens (tertiary/aromatic N) is 4. The second-order valence-corrected chi connectivity index (χ2v) is 7.22. The first-order chi connectivity index (χ1) is 13.1. The number of thioether (sulfide) groups is 1. The number of aromatic nitrogens is 3. The summed E-state index contributed by atoms with van der Waals surface area (Å²) in [5.74, 6) is 1.15. The third kappa shape index (κ3) is 4.51. The van der Waals surface area contributed by atoms with Gasteiger partial charge < -0.3 is 4.90 Å². The van der Waals surface area contributed by atoms with Gasteiger partial charge in [0.2, 0.25) is 5.91 Å². The van der Waals surface area contributed by atoms with E-state index in [1.165, 1.54) is 11.8 Å². The van der Waals surface area contributed by atoms with Crippen molar-refractivity contribution in [3.05, 3.63) is 59.6 Å². The molecular formula is C20H21ClN4OS. The Morgan fingerprint density at radius 3 is 2.33 bits per heavy atom. The number of carbonyl (C=O) groups excluding carboxylic acids is 1. The first-order valence-electron chi connectivity index (χ1n) is 8.81. The van der Waals surface area contributed by atoms with Crippen LogP contribution in [0.3, 0.4) is 0 Å². The summed E-state index contributed by atoms with van der Waals surface area (Å²) < 4.78 is 1.96. The highest BCUT2D eigenvalue weighted by Gasteiger charge is 2.18. The van der Waals surface area contributed by atoms with Crippen LogP contribution in [-0.4, -0.2) is 44.4 Å². The van der Waals surface area contributed by atoms with Gasteiger partial charge >= 0.3 is 0 Å². The number of hydrogen-bond acceptors (Lipinski definition) is 4. The summed E-state index contributed by atoms with van der Waals surface area (Å²) in [5, 5.41) is 10.1. The standard InChI is InChI=1S/C20H21ClN4OS/c1-3-24(4-2)18(26)14-27-20-23-22-19(15-8-6-5-7-9-15)25(20)17-12-10-16(21)11-13-17/h5-13H,3-4,14H2,1-2H3. The first-order valence-corrected chi connectivity index (χ1v) is 10.2. The van der Waals surface area contributed by atoms with Gasteiger partial charge in [0.15, 0.2) is 11.0 Å². The summed E-state index contributed by atoms with van der Waals surface area (Å²) in [6, 6.07) is 17.4. The monoisotopic (exact) mass is 400 g/mol. The van der Waals surface area contributed by atoms with Crippen LogP contribution in [0.5, 0.6) is 0 Å². The van der Waals surface area contributed by atoms with Crippen LogP contribution in [0, 0.1) is 0 Å². The minimum absolute atomic E-state index is 0.0944. The van der Waals surface area contributed by atoms with Crippen LogP contribution in [0.1, 0.15) is 13.8 Å². The molecule has 0 fully saturated rings. The van der Waals surface area contributed by atoms with Crippen LogP contribution in [0.15, 0.2) is 59.8 Å². The van der Waals surface area contributed by atoms with Crippen LogP contribution in [0.4, 0.5) is 0 Å². The predicted octanol–water partition coefficient (Wildman–Crippen LogP) is 4.55. The number of hydrogen-bond donors (Lipinski definition) is 0. The molecule has 5 nitrogen and oxygen atoms in total. The van der Waals surface area contributed by atoms with Gasteiger partial charge in [0.05, 0.1) is 5.75 Å². The molecule has 0 bridgehead atoms. The number of amides is 1. The molecule has 3 aromatic rings. The van der Waals surface area contributed by atoms with Gasteiger partial charge in [0, 0.05) is 29.4 Å².